The number of hydrogen-bond donors (Lipinski definition) is 1. The van der Waals surface area contributed by atoms with Crippen LogP contribution in [0.4, 0.5) is 17.6 Å². The van der Waals surface area contributed by atoms with Crippen LogP contribution in [0.25, 0.3) is 0 Å². The van der Waals surface area contributed by atoms with E-state index in [9.17, 15) is 22.4 Å². The molecule has 0 spiro atoms. The van der Waals surface area contributed by atoms with Gasteiger partial charge in [0.1, 0.15) is 5.82 Å². The molecule has 0 aliphatic carbocycles. The molecule has 27 heavy (non-hydrogen) atoms. The quantitative estimate of drug-likeness (QED) is 0.722. The average Bonchev–Trinajstić information content (AvgIpc) is 2.50. The number of carbonyl (C=O) groups excluding carboxylic acids is 1. The summed E-state index contributed by atoms with van der Waals surface area (Å²) < 4.78 is 53.4. The van der Waals surface area contributed by atoms with E-state index < -0.39 is 23.6 Å². The maximum atomic E-state index is 13.4. The first kappa shape index (κ1) is 21.7. The number of hydrogen-bond acceptors (Lipinski definition) is 2. The molecule has 0 saturated carbocycles. The highest BCUT2D eigenvalue weighted by Gasteiger charge is 2.38. The lowest BCUT2D eigenvalue weighted by atomic mass is 9.94. The summed E-state index contributed by atoms with van der Waals surface area (Å²) in [5.41, 5.74) is -0.979. The maximum absolute atomic E-state index is 13.4. The molecule has 1 heterocycles. The lowest BCUT2D eigenvalue weighted by Crippen LogP contribution is -2.60. The minimum absolute atomic E-state index is 0.00402. The van der Waals surface area contributed by atoms with Gasteiger partial charge in [0.25, 0.3) is 0 Å². The van der Waals surface area contributed by atoms with Gasteiger partial charge >= 0.3 is 6.18 Å². The van der Waals surface area contributed by atoms with Crippen LogP contribution in [0.3, 0.4) is 0 Å². The van der Waals surface area contributed by atoms with Gasteiger partial charge in [0.05, 0.1) is 11.6 Å². The molecule has 1 amide bonds. The third kappa shape index (κ3) is 5.92. The van der Waals surface area contributed by atoms with Crippen molar-refractivity contribution in [1.82, 2.24) is 10.2 Å². The van der Waals surface area contributed by atoms with E-state index in [0.29, 0.717) is 24.9 Å². The van der Waals surface area contributed by atoms with E-state index in [1.807, 2.05) is 32.6 Å². The van der Waals surface area contributed by atoms with Gasteiger partial charge in [-0.1, -0.05) is 33.8 Å². The Hall–Kier alpha value is -1.63. The van der Waals surface area contributed by atoms with Crippen LogP contribution >= 0.6 is 0 Å². The van der Waals surface area contributed by atoms with Gasteiger partial charge in [0, 0.05) is 19.1 Å². The molecule has 152 valence electrons. The van der Waals surface area contributed by atoms with Gasteiger partial charge in [-0.25, -0.2) is 4.39 Å². The highest BCUT2D eigenvalue weighted by molar-refractivity contribution is 5.82. The molecule has 1 aromatic carbocycles. The monoisotopic (exact) mass is 388 g/mol. The Labute approximate surface area is 158 Å². The lowest BCUT2D eigenvalue weighted by Gasteiger charge is -2.41. The standard InChI is InChI=1S/C20H28F4N2O/c1-12(2)7-16-11-26(18(8-13(3)4)19(27)25-16)10-14-5-6-15(21)9-17(14)20(22,23)24/h5-6,9,12-13,16,18H,7-8,10-11H2,1-4H3,(H,25,27)/t16?,18-/m0/s1. The average molecular weight is 388 g/mol. The number of nitrogens with zero attached hydrogens (tertiary/aromatic N) is 1. The van der Waals surface area contributed by atoms with Gasteiger partial charge in [-0.15, -0.1) is 0 Å². The van der Waals surface area contributed by atoms with Crippen LogP contribution in [0.1, 0.15) is 51.7 Å². The molecule has 1 unspecified atom stereocenters. The summed E-state index contributed by atoms with van der Waals surface area (Å²) in [6.07, 6.45) is -3.32. The van der Waals surface area contributed by atoms with E-state index >= 15 is 0 Å². The summed E-state index contributed by atoms with van der Waals surface area (Å²) in [6, 6.07) is 2.16. The summed E-state index contributed by atoms with van der Waals surface area (Å²) in [5, 5.41) is 3.01. The minimum Gasteiger partial charge on any atom is -0.351 e. The number of carbonyl (C=O) groups is 1. The number of alkyl halides is 3. The molecule has 0 aromatic heterocycles. The van der Waals surface area contributed by atoms with E-state index in [2.05, 4.69) is 5.32 Å². The first-order valence-electron chi connectivity index (χ1n) is 9.37. The SMILES string of the molecule is CC(C)CC1CN(Cc2ccc(F)cc2C(F)(F)F)[C@@H](CC(C)C)C(=O)N1. The van der Waals surface area contributed by atoms with Crippen molar-refractivity contribution in [2.24, 2.45) is 11.8 Å². The van der Waals surface area contributed by atoms with Crippen molar-refractivity contribution in [3.05, 3.63) is 35.1 Å². The van der Waals surface area contributed by atoms with Gasteiger partial charge in [-0.2, -0.15) is 13.2 Å². The van der Waals surface area contributed by atoms with Crippen molar-refractivity contribution in [3.63, 3.8) is 0 Å². The van der Waals surface area contributed by atoms with Gasteiger partial charge < -0.3 is 5.32 Å². The Bertz CT molecular complexity index is 658. The van der Waals surface area contributed by atoms with Crippen molar-refractivity contribution in [2.45, 2.75) is 65.3 Å². The summed E-state index contributed by atoms with van der Waals surface area (Å²) >= 11 is 0. The largest absolute Gasteiger partial charge is 0.416 e. The molecule has 0 radical (unpaired) electrons. The first-order valence-corrected chi connectivity index (χ1v) is 9.37. The molecule has 7 heteroatoms. The highest BCUT2D eigenvalue weighted by Crippen LogP contribution is 2.34. The van der Waals surface area contributed by atoms with E-state index in [1.54, 1.807) is 0 Å². The van der Waals surface area contributed by atoms with Crippen LogP contribution in [0.2, 0.25) is 0 Å². The van der Waals surface area contributed by atoms with Crippen LogP contribution in [0, 0.1) is 17.7 Å². The molecule has 1 fully saturated rings. The Morgan fingerprint density at radius 1 is 1.15 bits per heavy atom. The number of halogens is 4. The van der Waals surface area contributed by atoms with E-state index in [4.69, 9.17) is 0 Å². The smallest absolute Gasteiger partial charge is 0.351 e. The number of piperazine rings is 1. The topological polar surface area (TPSA) is 32.3 Å². The highest BCUT2D eigenvalue weighted by atomic mass is 19.4. The predicted molar refractivity (Wildman–Crippen MR) is 96.4 cm³/mol. The fraction of sp³-hybridized carbons (Fsp3) is 0.650. The van der Waals surface area contributed by atoms with Crippen LogP contribution in [-0.2, 0) is 17.5 Å². The van der Waals surface area contributed by atoms with E-state index in [0.717, 1.165) is 12.5 Å². The van der Waals surface area contributed by atoms with Crippen molar-refractivity contribution in [3.8, 4) is 0 Å². The molecular formula is C20H28F4N2O. The zero-order valence-electron chi connectivity index (χ0n) is 16.2. The van der Waals surface area contributed by atoms with Crippen LogP contribution in [-0.4, -0.2) is 29.4 Å². The third-order valence-electron chi connectivity index (χ3n) is 4.75. The van der Waals surface area contributed by atoms with Gasteiger partial charge in [0.15, 0.2) is 0 Å². The van der Waals surface area contributed by atoms with Crippen LogP contribution < -0.4 is 5.32 Å². The number of nitrogens with one attached hydrogen (secondary N) is 1. The minimum atomic E-state index is -4.64. The normalized spacial score (nSPS) is 21.8. The number of benzene rings is 1. The van der Waals surface area contributed by atoms with Gasteiger partial charge in [-0.05, 0) is 42.4 Å². The van der Waals surface area contributed by atoms with E-state index in [1.165, 1.54) is 6.07 Å². The fourth-order valence-corrected chi connectivity index (χ4v) is 3.67. The summed E-state index contributed by atoms with van der Waals surface area (Å²) in [5.74, 6) is -0.481. The Morgan fingerprint density at radius 2 is 1.78 bits per heavy atom. The van der Waals surface area contributed by atoms with Crippen LogP contribution in [0.15, 0.2) is 18.2 Å². The predicted octanol–water partition coefficient (Wildman–Crippen LogP) is 4.61. The molecule has 0 bridgehead atoms. The molecule has 1 aromatic rings. The summed E-state index contributed by atoms with van der Waals surface area (Å²) in [4.78, 5) is 14.4. The summed E-state index contributed by atoms with van der Waals surface area (Å²) in [7, 11) is 0. The molecule has 2 atom stereocenters. The Balaban J connectivity index is 2.32. The third-order valence-corrected chi connectivity index (χ3v) is 4.75. The van der Waals surface area contributed by atoms with Gasteiger partial charge in [0.2, 0.25) is 5.91 Å². The fourth-order valence-electron chi connectivity index (χ4n) is 3.67. The molecule has 1 aliphatic rings. The second-order valence-corrected chi connectivity index (χ2v) is 8.21. The number of rotatable bonds is 6. The maximum Gasteiger partial charge on any atom is 0.416 e. The molecule has 1 N–H and O–H groups in total. The van der Waals surface area contributed by atoms with Gasteiger partial charge in [-0.3, -0.25) is 9.69 Å². The van der Waals surface area contributed by atoms with Crippen molar-refractivity contribution in [1.29, 1.82) is 0 Å². The summed E-state index contributed by atoms with van der Waals surface area (Å²) in [6.45, 7) is 8.48. The molecule has 2 rings (SSSR count). The number of amides is 1. The molecular weight excluding hydrogens is 360 g/mol. The molecule has 1 saturated heterocycles. The Morgan fingerprint density at radius 3 is 2.33 bits per heavy atom. The molecule has 3 nitrogen and oxygen atoms in total. The second kappa shape index (κ2) is 8.59. The second-order valence-electron chi connectivity index (χ2n) is 8.21. The van der Waals surface area contributed by atoms with Crippen molar-refractivity contribution >= 4 is 5.91 Å². The lowest BCUT2D eigenvalue weighted by molar-refractivity contribution is -0.139. The molecule has 1 aliphatic heterocycles. The van der Waals surface area contributed by atoms with Crippen molar-refractivity contribution < 1.29 is 22.4 Å². The zero-order chi connectivity index (χ0) is 20.4. The van der Waals surface area contributed by atoms with E-state index in [-0.39, 0.29) is 30.0 Å². The van der Waals surface area contributed by atoms with Crippen molar-refractivity contribution in [2.75, 3.05) is 6.54 Å². The first-order chi connectivity index (χ1) is 12.5. The van der Waals surface area contributed by atoms with Crippen LogP contribution in [0.5, 0.6) is 0 Å². The Kier molecular flexibility index (Phi) is 6.89. The zero-order valence-corrected chi connectivity index (χ0v) is 16.2.